The summed E-state index contributed by atoms with van der Waals surface area (Å²) in [5.74, 6) is -0.617. The SMILES string of the molecule is CCCCCCCCCCCCCCCCCCC1=NN(c2ccc(Oc3ccccc3)c(S(=O)(=O)O)c2)C(=O)C1S(=O)(=O)c1ccccc1. The summed E-state index contributed by atoms with van der Waals surface area (Å²) in [5.41, 5.74) is 0.209. The van der Waals surface area contributed by atoms with Gasteiger partial charge in [-0.25, -0.2) is 8.42 Å². The normalized spacial score (nSPS) is 15.0. The van der Waals surface area contributed by atoms with Crippen LogP contribution in [0.4, 0.5) is 5.69 Å². The van der Waals surface area contributed by atoms with Gasteiger partial charge in [0.05, 0.1) is 16.3 Å². The Morgan fingerprint density at radius 2 is 1.18 bits per heavy atom. The predicted octanol–water partition coefficient (Wildman–Crippen LogP) is 9.92. The molecule has 3 aromatic rings. The molecule has 0 saturated heterocycles. The van der Waals surface area contributed by atoms with E-state index in [1.165, 1.54) is 101 Å². The third-order valence-corrected chi connectivity index (χ3v) is 12.0. The number of hydrogen-bond donors (Lipinski definition) is 1. The molecule has 1 aliphatic heterocycles. The lowest BCUT2D eigenvalue weighted by Crippen LogP contribution is -2.38. The summed E-state index contributed by atoms with van der Waals surface area (Å²) in [7, 11) is -8.94. The summed E-state index contributed by atoms with van der Waals surface area (Å²) in [5, 5.41) is 3.84. The van der Waals surface area contributed by atoms with Crippen LogP contribution in [0.25, 0.3) is 0 Å². The average molecular weight is 725 g/mol. The molecule has 0 spiro atoms. The number of rotatable bonds is 23. The monoisotopic (exact) mass is 724 g/mol. The van der Waals surface area contributed by atoms with Gasteiger partial charge in [-0.2, -0.15) is 18.5 Å². The zero-order chi connectivity index (χ0) is 35.8. The van der Waals surface area contributed by atoms with E-state index in [0.717, 1.165) is 30.3 Å². The number of hydrazone groups is 1. The van der Waals surface area contributed by atoms with E-state index in [9.17, 15) is 26.2 Å². The molecule has 50 heavy (non-hydrogen) atoms. The van der Waals surface area contributed by atoms with Crippen molar-refractivity contribution < 1.29 is 30.9 Å². The highest BCUT2D eigenvalue weighted by atomic mass is 32.2. The predicted molar refractivity (Wildman–Crippen MR) is 199 cm³/mol. The number of carbonyl (C=O) groups is 1. The molecule has 0 aromatic heterocycles. The molecule has 0 fully saturated rings. The second kappa shape index (κ2) is 19.7. The van der Waals surface area contributed by atoms with Crippen molar-refractivity contribution >= 4 is 37.3 Å². The van der Waals surface area contributed by atoms with Crippen LogP contribution in [0.1, 0.15) is 116 Å². The summed E-state index contributed by atoms with van der Waals surface area (Å²) in [4.78, 5) is 13.3. The summed E-state index contributed by atoms with van der Waals surface area (Å²) in [6.45, 7) is 2.25. The van der Waals surface area contributed by atoms with E-state index in [2.05, 4.69) is 12.0 Å². The number of carbonyl (C=O) groups excluding carboxylic acids is 1. The molecule has 0 saturated carbocycles. The zero-order valence-electron chi connectivity index (χ0n) is 29.2. The maximum atomic E-state index is 13.8. The Hall–Kier alpha value is -3.54. The van der Waals surface area contributed by atoms with Crippen molar-refractivity contribution in [2.24, 2.45) is 5.10 Å². The van der Waals surface area contributed by atoms with E-state index >= 15 is 0 Å². The van der Waals surface area contributed by atoms with Crippen molar-refractivity contribution in [2.75, 3.05) is 5.01 Å². The minimum atomic E-state index is -4.79. The average Bonchev–Trinajstić information content (AvgIpc) is 3.44. The Kier molecular flexibility index (Phi) is 15.5. The van der Waals surface area contributed by atoms with Crippen LogP contribution in [0.15, 0.2) is 93.8 Å². The maximum absolute atomic E-state index is 13.8. The molecule has 1 atom stereocenters. The number of sulfone groups is 1. The van der Waals surface area contributed by atoms with E-state index in [0.29, 0.717) is 18.6 Å². The van der Waals surface area contributed by atoms with Gasteiger partial charge < -0.3 is 4.74 Å². The summed E-state index contributed by atoms with van der Waals surface area (Å²) in [6.07, 6.45) is 19.7. The van der Waals surface area contributed by atoms with Crippen LogP contribution in [0.2, 0.25) is 0 Å². The first-order valence-electron chi connectivity index (χ1n) is 18.2. The van der Waals surface area contributed by atoms with E-state index in [4.69, 9.17) is 4.74 Å². The van der Waals surface area contributed by atoms with Crippen molar-refractivity contribution in [3.8, 4) is 11.5 Å². The lowest BCUT2D eigenvalue weighted by Gasteiger charge is -2.17. The molecular weight excluding hydrogens is 673 g/mol. The molecule has 3 aromatic carbocycles. The Balaban J connectivity index is 1.36. The van der Waals surface area contributed by atoms with Gasteiger partial charge in [0.15, 0.2) is 15.1 Å². The lowest BCUT2D eigenvalue weighted by molar-refractivity contribution is -0.116. The van der Waals surface area contributed by atoms with Crippen LogP contribution in [0.3, 0.4) is 0 Å². The van der Waals surface area contributed by atoms with Gasteiger partial charge in [-0.3, -0.25) is 9.35 Å². The van der Waals surface area contributed by atoms with Gasteiger partial charge in [-0.05, 0) is 55.3 Å². The molecule has 1 amide bonds. The van der Waals surface area contributed by atoms with Gasteiger partial charge in [-0.1, -0.05) is 140 Å². The Morgan fingerprint density at radius 3 is 1.70 bits per heavy atom. The second-order valence-electron chi connectivity index (χ2n) is 13.1. The van der Waals surface area contributed by atoms with Crippen molar-refractivity contribution in [3.63, 3.8) is 0 Å². The summed E-state index contributed by atoms with van der Waals surface area (Å²) < 4.78 is 68.1. The highest BCUT2D eigenvalue weighted by Gasteiger charge is 2.46. The van der Waals surface area contributed by atoms with Crippen LogP contribution in [-0.4, -0.2) is 38.3 Å². The quantitative estimate of drug-likeness (QED) is 0.0761. The first kappa shape index (κ1) is 39.2. The number of anilines is 1. The number of para-hydroxylation sites is 1. The largest absolute Gasteiger partial charge is 0.456 e. The molecule has 9 nitrogen and oxygen atoms in total. The second-order valence-corrected chi connectivity index (χ2v) is 16.5. The molecule has 1 aliphatic rings. The fourth-order valence-corrected chi connectivity index (χ4v) is 8.62. The van der Waals surface area contributed by atoms with Crippen LogP contribution in [0, 0.1) is 0 Å². The van der Waals surface area contributed by atoms with Crippen LogP contribution >= 0.6 is 0 Å². The Labute approximate surface area is 298 Å². The minimum absolute atomic E-state index is 0.00160. The topological polar surface area (TPSA) is 130 Å². The maximum Gasteiger partial charge on any atom is 0.298 e. The fourth-order valence-electron chi connectivity index (χ4n) is 6.29. The number of benzene rings is 3. The standard InChI is InChI=1S/C39H52N2O7S2/c1-2-3-4-5-6-7-8-9-10-11-12-13-14-15-16-23-28-35-38(49(43,44)34-26-21-18-22-27-34)39(42)41(40-35)32-29-30-36(37(31-32)50(45,46)47)48-33-24-19-17-20-25-33/h17-22,24-27,29-31,38H,2-16,23,28H2,1H3,(H,45,46,47). The summed E-state index contributed by atoms with van der Waals surface area (Å²) in [6, 6.07) is 20.0. The van der Waals surface area contributed by atoms with Gasteiger partial charge in [0.1, 0.15) is 16.4 Å². The van der Waals surface area contributed by atoms with Gasteiger partial charge in [0, 0.05) is 0 Å². The van der Waals surface area contributed by atoms with E-state index in [1.54, 1.807) is 48.5 Å². The Morgan fingerprint density at radius 1 is 0.680 bits per heavy atom. The smallest absolute Gasteiger partial charge is 0.298 e. The molecule has 11 heteroatoms. The van der Waals surface area contributed by atoms with E-state index < -0.39 is 36.0 Å². The van der Waals surface area contributed by atoms with Gasteiger partial charge >= 0.3 is 0 Å². The molecule has 1 unspecified atom stereocenters. The first-order valence-corrected chi connectivity index (χ1v) is 21.2. The fraction of sp³-hybridized carbons (Fsp3) is 0.487. The van der Waals surface area contributed by atoms with Crippen LogP contribution in [0.5, 0.6) is 11.5 Å². The van der Waals surface area contributed by atoms with Crippen LogP contribution < -0.4 is 9.75 Å². The van der Waals surface area contributed by atoms with E-state index in [1.807, 2.05) is 0 Å². The number of unbranched alkanes of at least 4 members (excludes halogenated alkanes) is 15. The molecule has 1 heterocycles. The Bertz CT molecular complexity index is 1750. The number of amides is 1. The number of hydrogen-bond acceptors (Lipinski definition) is 7. The van der Waals surface area contributed by atoms with Crippen molar-refractivity contribution in [3.05, 3.63) is 78.9 Å². The third kappa shape index (κ3) is 11.5. The first-order chi connectivity index (χ1) is 24.1. The molecule has 1 N–H and O–H groups in total. The van der Waals surface area contributed by atoms with Crippen molar-refractivity contribution in [1.29, 1.82) is 0 Å². The molecular formula is C39H52N2O7S2. The molecule has 0 radical (unpaired) electrons. The molecule has 272 valence electrons. The van der Waals surface area contributed by atoms with Gasteiger partial charge in [0.2, 0.25) is 0 Å². The highest BCUT2D eigenvalue weighted by Crippen LogP contribution is 2.35. The highest BCUT2D eigenvalue weighted by molar-refractivity contribution is 7.93. The van der Waals surface area contributed by atoms with E-state index in [-0.39, 0.29) is 22.0 Å². The number of nitrogens with zero attached hydrogens (tertiary/aromatic N) is 2. The molecule has 0 aliphatic carbocycles. The zero-order valence-corrected chi connectivity index (χ0v) is 30.8. The third-order valence-electron chi connectivity index (χ3n) is 9.05. The summed E-state index contributed by atoms with van der Waals surface area (Å²) >= 11 is 0. The molecule has 0 bridgehead atoms. The van der Waals surface area contributed by atoms with Gasteiger partial charge in [-0.15, -0.1) is 0 Å². The van der Waals surface area contributed by atoms with Gasteiger partial charge in [0.25, 0.3) is 16.0 Å². The number of ether oxygens (including phenoxy) is 1. The lowest BCUT2D eigenvalue weighted by atomic mass is 10.0. The molecule has 4 rings (SSSR count). The van der Waals surface area contributed by atoms with Crippen molar-refractivity contribution in [1.82, 2.24) is 0 Å². The van der Waals surface area contributed by atoms with Crippen molar-refractivity contribution in [2.45, 2.75) is 131 Å². The van der Waals surface area contributed by atoms with Crippen LogP contribution in [-0.2, 0) is 24.7 Å². The minimum Gasteiger partial charge on any atom is -0.456 e.